The van der Waals surface area contributed by atoms with Crippen LogP contribution in [0.3, 0.4) is 0 Å². The van der Waals surface area contributed by atoms with Gasteiger partial charge >= 0.3 is 0 Å². The van der Waals surface area contributed by atoms with Crippen LogP contribution in [0.25, 0.3) is 0 Å². The van der Waals surface area contributed by atoms with E-state index in [4.69, 9.17) is 4.74 Å². The molecule has 0 saturated carbocycles. The van der Waals surface area contributed by atoms with Gasteiger partial charge in [0.1, 0.15) is 12.4 Å². The average Bonchev–Trinajstić information content (AvgIpc) is 2.73. The molecular weight excluding hydrogens is 370 g/mol. The molecule has 7 nitrogen and oxygen atoms in total. The van der Waals surface area contributed by atoms with Crippen molar-refractivity contribution >= 4 is 17.8 Å². The second-order valence-electron chi connectivity index (χ2n) is 6.32. The zero-order valence-electron chi connectivity index (χ0n) is 15.7. The van der Waals surface area contributed by atoms with Crippen molar-refractivity contribution in [1.29, 1.82) is 0 Å². The molecule has 0 aliphatic carbocycles. The van der Waals surface area contributed by atoms with E-state index in [1.54, 1.807) is 30.3 Å². The summed E-state index contributed by atoms with van der Waals surface area (Å²) in [5, 5.41) is 14.7. The second kappa shape index (κ2) is 9.27. The molecule has 0 saturated heterocycles. The summed E-state index contributed by atoms with van der Waals surface area (Å²) in [5.74, 6) is 0.286. The lowest BCUT2D eigenvalue weighted by Crippen LogP contribution is -2.17. The first-order valence-electron chi connectivity index (χ1n) is 8.88. The maximum atomic E-state index is 12.2. The third-order valence-electron chi connectivity index (χ3n) is 4.11. The Hall–Kier alpha value is -4.00. The molecule has 0 unspecified atom stereocenters. The number of carbonyl (C=O) groups is 1. The van der Waals surface area contributed by atoms with E-state index in [1.165, 1.54) is 18.3 Å². The predicted molar refractivity (Wildman–Crippen MR) is 110 cm³/mol. The van der Waals surface area contributed by atoms with E-state index in [9.17, 15) is 14.9 Å². The molecule has 0 aliphatic heterocycles. The van der Waals surface area contributed by atoms with Crippen molar-refractivity contribution in [3.8, 4) is 5.75 Å². The molecular formula is C22H19N3O4. The molecule has 1 N–H and O–H groups in total. The average molecular weight is 389 g/mol. The highest BCUT2D eigenvalue weighted by molar-refractivity contribution is 5.95. The van der Waals surface area contributed by atoms with E-state index in [1.807, 2.05) is 37.3 Å². The van der Waals surface area contributed by atoms with Gasteiger partial charge in [-0.1, -0.05) is 29.8 Å². The first-order chi connectivity index (χ1) is 14.0. The van der Waals surface area contributed by atoms with Gasteiger partial charge in [0, 0.05) is 23.3 Å². The SMILES string of the molecule is Cc1cccc(C(=O)N/N=C/c2ccccc2OCc2ccc([N+](=O)[O-])cc2)c1. The quantitative estimate of drug-likeness (QED) is 0.371. The number of rotatable bonds is 7. The molecule has 3 rings (SSSR count). The molecule has 0 aliphatic rings. The van der Waals surface area contributed by atoms with Crippen molar-refractivity contribution in [3.05, 3.63) is 105 Å². The molecule has 29 heavy (non-hydrogen) atoms. The number of ether oxygens (including phenoxy) is 1. The highest BCUT2D eigenvalue weighted by Crippen LogP contribution is 2.19. The summed E-state index contributed by atoms with van der Waals surface area (Å²) >= 11 is 0. The highest BCUT2D eigenvalue weighted by atomic mass is 16.6. The van der Waals surface area contributed by atoms with Crippen LogP contribution in [0.5, 0.6) is 5.75 Å². The van der Waals surface area contributed by atoms with Gasteiger partial charge in [0.15, 0.2) is 0 Å². The minimum atomic E-state index is -0.443. The van der Waals surface area contributed by atoms with Gasteiger partial charge in [-0.15, -0.1) is 0 Å². The van der Waals surface area contributed by atoms with Gasteiger partial charge < -0.3 is 4.74 Å². The zero-order chi connectivity index (χ0) is 20.6. The minimum absolute atomic E-state index is 0.0330. The Morgan fingerprint density at radius 1 is 1.10 bits per heavy atom. The molecule has 0 bridgehead atoms. The molecule has 3 aromatic carbocycles. The highest BCUT2D eigenvalue weighted by Gasteiger charge is 2.06. The third kappa shape index (κ3) is 5.49. The number of nitrogens with zero attached hydrogens (tertiary/aromatic N) is 2. The van der Waals surface area contributed by atoms with Gasteiger partial charge in [-0.3, -0.25) is 14.9 Å². The van der Waals surface area contributed by atoms with E-state index in [-0.39, 0.29) is 18.2 Å². The number of hydrogen-bond acceptors (Lipinski definition) is 5. The molecule has 0 atom stereocenters. The Morgan fingerprint density at radius 3 is 2.59 bits per heavy atom. The number of non-ortho nitro benzene ring substituents is 1. The lowest BCUT2D eigenvalue weighted by molar-refractivity contribution is -0.384. The van der Waals surface area contributed by atoms with Crippen LogP contribution >= 0.6 is 0 Å². The van der Waals surface area contributed by atoms with E-state index in [0.717, 1.165) is 11.1 Å². The summed E-state index contributed by atoms with van der Waals surface area (Å²) in [6.07, 6.45) is 1.51. The van der Waals surface area contributed by atoms with Crippen molar-refractivity contribution < 1.29 is 14.5 Å². The standard InChI is InChI=1S/C22H19N3O4/c1-16-5-4-7-18(13-16)22(26)24-23-14-19-6-2-3-8-21(19)29-15-17-9-11-20(12-10-17)25(27)28/h2-14H,15H2,1H3,(H,24,26)/b23-14+. The van der Waals surface area contributed by atoms with Crippen LogP contribution < -0.4 is 10.2 Å². The third-order valence-corrected chi connectivity index (χ3v) is 4.11. The van der Waals surface area contributed by atoms with Crippen LogP contribution in [0, 0.1) is 17.0 Å². The Balaban J connectivity index is 1.63. The summed E-state index contributed by atoms with van der Waals surface area (Å²) in [6.45, 7) is 2.16. The number of para-hydroxylation sites is 1. The number of nitrogens with one attached hydrogen (secondary N) is 1. The van der Waals surface area contributed by atoms with Crippen LogP contribution in [0.15, 0.2) is 77.9 Å². The summed E-state index contributed by atoms with van der Waals surface area (Å²) in [6, 6.07) is 20.7. The Morgan fingerprint density at radius 2 is 1.86 bits per heavy atom. The fraction of sp³-hybridized carbons (Fsp3) is 0.0909. The largest absolute Gasteiger partial charge is 0.488 e. The second-order valence-corrected chi connectivity index (χ2v) is 6.32. The Bertz CT molecular complexity index is 1050. The number of aryl methyl sites for hydroxylation is 1. The van der Waals surface area contributed by atoms with Crippen LogP contribution in [0.4, 0.5) is 5.69 Å². The number of benzene rings is 3. The normalized spacial score (nSPS) is 10.7. The molecule has 1 amide bonds. The van der Waals surface area contributed by atoms with Crippen molar-refractivity contribution in [2.24, 2.45) is 5.10 Å². The van der Waals surface area contributed by atoms with Crippen molar-refractivity contribution in [3.63, 3.8) is 0 Å². The van der Waals surface area contributed by atoms with Crippen molar-refractivity contribution in [1.82, 2.24) is 5.43 Å². The number of nitro groups is 1. The summed E-state index contributed by atoms with van der Waals surface area (Å²) < 4.78 is 5.81. The number of hydrazone groups is 1. The van der Waals surface area contributed by atoms with Crippen LogP contribution in [0.2, 0.25) is 0 Å². The lowest BCUT2D eigenvalue weighted by Gasteiger charge is -2.09. The van der Waals surface area contributed by atoms with Crippen LogP contribution in [0.1, 0.15) is 27.0 Å². The first-order valence-corrected chi connectivity index (χ1v) is 8.88. The van der Waals surface area contributed by atoms with Gasteiger partial charge in [0.2, 0.25) is 0 Å². The van der Waals surface area contributed by atoms with Crippen LogP contribution in [-0.2, 0) is 6.61 Å². The topological polar surface area (TPSA) is 93.8 Å². The number of nitro benzene ring substituents is 1. The fourth-order valence-corrected chi connectivity index (χ4v) is 2.60. The van der Waals surface area contributed by atoms with Crippen molar-refractivity contribution in [2.45, 2.75) is 13.5 Å². The number of hydrogen-bond donors (Lipinski definition) is 1. The maximum absolute atomic E-state index is 12.2. The predicted octanol–water partition coefficient (Wildman–Crippen LogP) is 4.25. The molecule has 0 fully saturated rings. The maximum Gasteiger partial charge on any atom is 0.271 e. The number of amides is 1. The van der Waals surface area contributed by atoms with Gasteiger partial charge in [0.25, 0.3) is 11.6 Å². The van der Waals surface area contributed by atoms with Gasteiger partial charge in [-0.25, -0.2) is 5.43 Å². The van der Waals surface area contributed by atoms with Crippen molar-refractivity contribution in [2.75, 3.05) is 0 Å². The molecule has 0 heterocycles. The minimum Gasteiger partial charge on any atom is -0.488 e. The molecule has 0 spiro atoms. The van der Waals surface area contributed by atoms with Gasteiger partial charge in [-0.05, 0) is 48.9 Å². The molecule has 146 valence electrons. The fourth-order valence-electron chi connectivity index (χ4n) is 2.60. The van der Waals surface area contributed by atoms with E-state index in [2.05, 4.69) is 10.5 Å². The summed E-state index contributed by atoms with van der Waals surface area (Å²) in [4.78, 5) is 22.4. The molecule has 0 aromatic heterocycles. The van der Waals surface area contributed by atoms with Crippen LogP contribution in [-0.4, -0.2) is 17.0 Å². The van der Waals surface area contributed by atoms with Gasteiger partial charge in [0.05, 0.1) is 11.1 Å². The Kier molecular flexibility index (Phi) is 6.32. The molecule has 3 aromatic rings. The number of carbonyl (C=O) groups excluding carboxylic acids is 1. The monoisotopic (exact) mass is 389 g/mol. The van der Waals surface area contributed by atoms with Gasteiger partial charge in [-0.2, -0.15) is 5.10 Å². The molecule has 7 heteroatoms. The zero-order valence-corrected chi connectivity index (χ0v) is 15.7. The first kappa shape index (κ1) is 19.8. The molecule has 0 radical (unpaired) electrons. The van der Waals surface area contributed by atoms with E-state index in [0.29, 0.717) is 16.9 Å². The Labute approximate surface area is 167 Å². The lowest BCUT2D eigenvalue weighted by atomic mass is 10.1. The smallest absolute Gasteiger partial charge is 0.271 e. The van der Waals surface area contributed by atoms with E-state index < -0.39 is 4.92 Å². The summed E-state index contributed by atoms with van der Waals surface area (Å²) in [7, 11) is 0. The van der Waals surface area contributed by atoms with E-state index >= 15 is 0 Å². The summed E-state index contributed by atoms with van der Waals surface area (Å²) in [5.41, 5.74) is 5.56.